The minimum absolute atomic E-state index is 0.0180. The molecule has 0 radical (unpaired) electrons. The van der Waals surface area contributed by atoms with Gasteiger partial charge in [0.05, 0.1) is 7.11 Å². The molecule has 9 heteroatoms. The number of nitrogens with zero attached hydrogens (tertiary/aromatic N) is 2. The average Bonchev–Trinajstić information content (AvgIpc) is 3.47. The van der Waals surface area contributed by atoms with Gasteiger partial charge in [0.25, 0.3) is 5.91 Å². The van der Waals surface area contributed by atoms with Gasteiger partial charge in [-0.3, -0.25) is 14.5 Å². The molecule has 4 rings (SSSR count). The average molecular weight is 518 g/mol. The van der Waals surface area contributed by atoms with Crippen molar-refractivity contribution < 1.29 is 14.3 Å². The highest BCUT2D eigenvalue weighted by atomic mass is 35.5. The van der Waals surface area contributed by atoms with Crippen LogP contribution in [0.1, 0.15) is 53.3 Å². The van der Waals surface area contributed by atoms with Gasteiger partial charge in [-0.05, 0) is 61.1 Å². The lowest BCUT2D eigenvalue weighted by Gasteiger charge is -2.32. The van der Waals surface area contributed by atoms with Crippen molar-refractivity contribution in [1.29, 1.82) is 0 Å². The molecule has 0 aliphatic heterocycles. The zero-order chi connectivity index (χ0) is 24.2. The van der Waals surface area contributed by atoms with Crippen LogP contribution in [0.4, 0.5) is 5.69 Å². The Labute approximate surface area is 213 Å². The first-order valence-corrected chi connectivity index (χ1v) is 12.6. The zero-order valence-corrected chi connectivity index (χ0v) is 21.2. The standard InChI is InChI=1S/C25H25Cl2N3O3S/c1-15-7-11-18(12-8-15)30(25(32)21-20(26)23(27)34-29-21)22(16-9-13-19(33-2)14-10-16)24(31)28-17-5-3-4-6-17/h7-14,17,22H,3-6H2,1-2H3,(H,28,31)/t22-/m0/s1. The van der Waals surface area contributed by atoms with Crippen molar-refractivity contribution in [2.75, 3.05) is 12.0 Å². The molecular formula is C25H25Cl2N3O3S. The second-order valence-electron chi connectivity index (χ2n) is 8.30. The van der Waals surface area contributed by atoms with E-state index in [2.05, 4.69) is 9.69 Å². The summed E-state index contributed by atoms with van der Waals surface area (Å²) in [5.74, 6) is -0.107. The number of aryl methyl sites for hydroxylation is 1. The van der Waals surface area contributed by atoms with Crippen LogP contribution in [0.15, 0.2) is 48.5 Å². The van der Waals surface area contributed by atoms with Gasteiger partial charge in [-0.1, -0.05) is 65.9 Å². The number of anilines is 1. The summed E-state index contributed by atoms with van der Waals surface area (Å²) in [5.41, 5.74) is 2.24. The highest BCUT2D eigenvalue weighted by Gasteiger charge is 2.36. The molecule has 1 aromatic heterocycles. The molecule has 0 unspecified atom stereocenters. The molecule has 6 nitrogen and oxygen atoms in total. The highest BCUT2D eigenvalue weighted by Crippen LogP contribution is 2.35. The van der Waals surface area contributed by atoms with Gasteiger partial charge in [0.2, 0.25) is 5.91 Å². The highest BCUT2D eigenvalue weighted by molar-refractivity contribution is 7.11. The van der Waals surface area contributed by atoms with Crippen molar-refractivity contribution in [2.24, 2.45) is 0 Å². The Morgan fingerprint density at radius 2 is 1.74 bits per heavy atom. The molecule has 34 heavy (non-hydrogen) atoms. The van der Waals surface area contributed by atoms with Gasteiger partial charge in [0.15, 0.2) is 5.69 Å². The van der Waals surface area contributed by atoms with Crippen LogP contribution in [-0.4, -0.2) is 29.3 Å². The van der Waals surface area contributed by atoms with Gasteiger partial charge in [-0.25, -0.2) is 0 Å². The molecule has 0 saturated heterocycles. The van der Waals surface area contributed by atoms with Crippen LogP contribution < -0.4 is 15.0 Å². The van der Waals surface area contributed by atoms with Crippen LogP contribution >= 0.6 is 34.7 Å². The lowest BCUT2D eigenvalue weighted by molar-refractivity contribution is -0.123. The van der Waals surface area contributed by atoms with E-state index >= 15 is 0 Å². The summed E-state index contributed by atoms with van der Waals surface area (Å²) >= 11 is 13.4. The quantitative estimate of drug-likeness (QED) is 0.404. The van der Waals surface area contributed by atoms with Gasteiger partial charge in [0.1, 0.15) is 21.2 Å². The van der Waals surface area contributed by atoms with Gasteiger partial charge in [0, 0.05) is 11.7 Å². The molecule has 1 aliphatic carbocycles. The van der Waals surface area contributed by atoms with E-state index in [1.807, 2.05) is 31.2 Å². The van der Waals surface area contributed by atoms with Crippen molar-refractivity contribution in [2.45, 2.75) is 44.7 Å². The van der Waals surface area contributed by atoms with E-state index in [9.17, 15) is 9.59 Å². The summed E-state index contributed by atoms with van der Waals surface area (Å²) in [5, 5.41) is 3.23. The molecule has 2 amide bonds. The molecule has 2 aromatic carbocycles. The number of hydrogen-bond acceptors (Lipinski definition) is 5. The molecule has 1 aliphatic rings. The second kappa shape index (κ2) is 10.8. The monoisotopic (exact) mass is 517 g/mol. The molecule has 0 spiro atoms. The molecule has 0 bridgehead atoms. The molecule has 178 valence electrons. The normalized spacial score (nSPS) is 14.6. The predicted molar refractivity (Wildman–Crippen MR) is 136 cm³/mol. The number of nitrogens with one attached hydrogen (secondary N) is 1. The number of hydrogen-bond donors (Lipinski definition) is 1. The maximum atomic E-state index is 13.9. The molecule has 1 fully saturated rings. The SMILES string of the molecule is COc1ccc([C@@H](C(=O)NC2CCCC2)N(C(=O)c2nsc(Cl)c2Cl)c2ccc(C)cc2)cc1. The molecule has 1 atom stereocenters. The Balaban J connectivity index is 1.83. The molecule has 3 aromatic rings. The van der Waals surface area contributed by atoms with Crippen LogP contribution in [0, 0.1) is 6.92 Å². The fourth-order valence-corrected chi connectivity index (χ4v) is 5.14. The molecule has 1 N–H and O–H groups in total. The maximum absolute atomic E-state index is 13.9. The summed E-state index contributed by atoms with van der Waals surface area (Å²) in [6, 6.07) is 13.7. The van der Waals surface area contributed by atoms with E-state index in [4.69, 9.17) is 27.9 Å². The summed E-state index contributed by atoms with van der Waals surface area (Å²) < 4.78 is 9.70. The molecule has 1 heterocycles. The second-order valence-corrected chi connectivity index (χ2v) is 10.0. The van der Waals surface area contributed by atoms with E-state index < -0.39 is 11.9 Å². The Hall–Kier alpha value is -2.61. The van der Waals surface area contributed by atoms with Crippen LogP contribution in [-0.2, 0) is 4.79 Å². The van der Waals surface area contributed by atoms with E-state index in [0.717, 1.165) is 42.8 Å². The first-order valence-electron chi connectivity index (χ1n) is 11.0. The van der Waals surface area contributed by atoms with Gasteiger partial charge in [-0.15, -0.1) is 0 Å². The van der Waals surface area contributed by atoms with Gasteiger partial charge in [-0.2, -0.15) is 4.37 Å². The summed E-state index contributed by atoms with van der Waals surface area (Å²) in [4.78, 5) is 29.1. The smallest absolute Gasteiger partial charge is 0.280 e. The fraction of sp³-hybridized carbons (Fsp3) is 0.320. The fourth-order valence-electron chi connectivity index (χ4n) is 4.15. The summed E-state index contributed by atoms with van der Waals surface area (Å²) in [7, 11) is 1.58. The number of carbonyl (C=O) groups excluding carboxylic acids is 2. The number of carbonyl (C=O) groups is 2. The zero-order valence-electron chi connectivity index (χ0n) is 18.9. The first kappa shape index (κ1) is 24.5. The Morgan fingerprint density at radius 1 is 1.09 bits per heavy atom. The van der Waals surface area contributed by atoms with E-state index in [0.29, 0.717) is 17.0 Å². The van der Waals surface area contributed by atoms with Crippen LogP contribution in [0.2, 0.25) is 9.36 Å². The topological polar surface area (TPSA) is 71.5 Å². The van der Waals surface area contributed by atoms with E-state index in [1.54, 1.807) is 31.4 Å². The number of ether oxygens (including phenoxy) is 1. The summed E-state index contributed by atoms with van der Waals surface area (Å²) in [6.45, 7) is 1.96. The van der Waals surface area contributed by atoms with Crippen molar-refractivity contribution >= 4 is 52.2 Å². The minimum Gasteiger partial charge on any atom is -0.497 e. The lowest BCUT2D eigenvalue weighted by Crippen LogP contribution is -2.46. The Bertz CT molecular complexity index is 1160. The maximum Gasteiger partial charge on any atom is 0.280 e. The predicted octanol–water partition coefficient (Wildman–Crippen LogP) is 6.21. The van der Waals surface area contributed by atoms with Gasteiger partial charge >= 0.3 is 0 Å². The number of methoxy groups -OCH3 is 1. The summed E-state index contributed by atoms with van der Waals surface area (Å²) in [6.07, 6.45) is 4.00. The number of aromatic nitrogens is 1. The van der Waals surface area contributed by atoms with Crippen LogP contribution in [0.25, 0.3) is 0 Å². The first-order chi connectivity index (χ1) is 16.4. The third kappa shape index (κ3) is 5.22. The number of benzene rings is 2. The molecular weight excluding hydrogens is 493 g/mol. The number of rotatable bonds is 7. The third-order valence-corrected chi connectivity index (χ3v) is 7.58. The van der Waals surface area contributed by atoms with Crippen molar-refractivity contribution in [3.63, 3.8) is 0 Å². The van der Waals surface area contributed by atoms with E-state index in [1.165, 1.54) is 4.90 Å². The van der Waals surface area contributed by atoms with Crippen LogP contribution in [0.5, 0.6) is 5.75 Å². The van der Waals surface area contributed by atoms with Crippen molar-refractivity contribution in [3.8, 4) is 5.75 Å². The van der Waals surface area contributed by atoms with Crippen molar-refractivity contribution in [1.82, 2.24) is 9.69 Å². The Morgan fingerprint density at radius 3 is 2.29 bits per heavy atom. The van der Waals surface area contributed by atoms with Crippen molar-refractivity contribution in [3.05, 3.63) is 74.7 Å². The van der Waals surface area contributed by atoms with E-state index in [-0.39, 0.29) is 27.0 Å². The minimum atomic E-state index is -0.946. The third-order valence-electron chi connectivity index (χ3n) is 5.97. The largest absolute Gasteiger partial charge is 0.497 e. The molecule has 1 saturated carbocycles. The Kier molecular flexibility index (Phi) is 7.76. The lowest BCUT2D eigenvalue weighted by atomic mass is 10.0. The number of amides is 2. The van der Waals surface area contributed by atoms with Gasteiger partial charge < -0.3 is 10.1 Å². The number of halogens is 2. The van der Waals surface area contributed by atoms with Crippen LogP contribution in [0.3, 0.4) is 0 Å².